The minimum absolute atomic E-state index is 0.135. The average molecular weight is 590 g/mol. The highest BCUT2D eigenvalue weighted by Crippen LogP contribution is 2.39. The lowest BCUT2D eigenvalue weighted by Gasteiger charge is -2.36. The summed E-state index contributed by atoms with van der Waals surface area (Å²) in [5, 5.41) is 6.51. The quantitative estimate of drug-likeness (QED) is 0.178. The van der Waals surface area contributed by atoms with E-state index in [0.717, 1.165) is 29.7 Å². The molecule has 3 aromatic carbocycles. The number of benzene rings is 3. The van der Waals surface area contributed by atoms with Crippen LogP contribution in [0.5, 0.6) is 0 Å². The van der Waals surface area contributed by atoms with Gasteiger partial charge in [-0.1, -0.05) is 63.2 Å². The zero-order valence-electron chi connectivity index (χ0n) is 24.4. The van der Waals surface area contributed by atoms with Gasteiger partial charge in [0.25, 0.3) is 5.91 Å². The summed E-state index contributed by atoms with van der Waals surface area (Å²) in [6, 6.07) is 22.4. The summed E-state index contributed by atoms with van der Waals surface area (Å²) in [4.78, 5) is 13.5. The second-order valence-corrected chi connectivity index (χ2v) is 19.0. The van der Waals surface area contributed by atoms with Gasteiger partial charge in [-0.05, 0) is 78.4 Å². The number of sulfonamides is 1. The summed E-state index contributed by atoms with van der Waals surface area (Å²) < 4.78 is 35.2. The van der Waals surface area contributed by atoms with Crippen LogP contribution in [-0.4, -0.2) is 29.2 Å². The van der Waals surface area contributed by atoms with Gasteiger partial charge in [0.1, 0.15) is 0 Å². The maximum absolute atomic E-state index is 13.3. The normalized spacial score (nSPS) is 16.8. The molecule has 7 nitrogen and oxygen atoms in total. The number of amides is 1. The number of hydrogen-bond acceptors (Lipinski definition) is 5. The summed E-state index contributed by atoms with van der Waals surface area (Å²) >= 11 is 0. The standard InChI is InChI=1S/C32H39N3O4SSi/c1-32(2,3)41(4,5)39-21-23-13-15-25(16-14-23)34-30(24-9-7-6-8-10-24)29-27-19-26(17-18-28(27)35-31(29)36)40(37,38)33-20-22-11-12-22/h6-10,13-19,22,33-34H,11-12,20-21H2,1-5H3,(H,35,36)/b30-29-. The van der Waals surface area contributed by atoms with E-state index in [4.69, 9.17) is 4.43 Å². The molecule has 0 atom stereocenters. The number of anilines is 2. The molecule has 0 unspecified atom stereocenters. The fraction of sp³-hybridized carbons (Fsp3) is 0.344. The van der Waals surface area contributed by atoms with Crippen molar-refractivity contribution in [1.82, 2.24) is 4.72 Å². The first-order chi connectivity index (χ1) is 19.3. The molecular formula is C32H39N3O4SSi. The van der Waals surface area contributed by atoms with E-state index >= 15 is 0 Å². The largest absolute Gasteiger partial charge is 0.413 e. The number of carbonyl (C=O) groups is 1. The predicted octanol–water partition coefficient (Wildman–Crippen LogP) is 6.83. The van der Waals surface area contributed by atoms with Crippen LogP contribution in [0.25, 0.3) is 11.3 Å². The van der Waals surface area contributed by atoms with Gasteiger partial charge in [-0.15, -0.1) is 0 Å². The van der Waals surface area contributed by atoms with Gasteiger partial charge < -0.3 is 15.1 Å². The van der Waals surface area contributed by atoms with Crippen molar-refractivity contribution in [2.45, 2.75) is 63.2 Å². The SMILES string of the molecule is CC(C)(C)[Si](C)(C)OCc1ccc(N/C(=C2\C(=O)Nc3ccc(S(=O)(=O)NCC4CC4)cc32)c2ccccc2)cc1. The number of nitrogens with one attached hydrogen (secondary N) is 3. The Morgan fingerprint density at radius 1 is 1.00 bits per heavy atom. The van der Waals surface area contributed by atoms with Crippen molar-refractivity contribution < 1.29 is 17.6 Å². The molecular weight excluding hydrogens is 551 g/mol. The first-order valence-electron chi connectivity index (χ1n) is 14.1. The Kier molecular flexibility index (Phi) is 8.00. The molecule has 3 N–H and O–H groups in total. The van der Waals surface area contributed by atoms with Crippen molar-refractivity contribution in [2.75, 3.05) is 17.2 Å². The van der Waals surface area contributed by atoms with Crippen LogP contribution in [-0.2, 0) is 25.9 Å². The van der Waals surface area contributed by atoms with E-state index in [9.17, 15) is 13.2 Å². The van der Waals surface area contributed by atoms with Crippen molar-refractivity contribution in [2.24, 2.45) is 5.92 Å². The molecule has 1 fully saturated rings. The van der Waals surface area contributed by atoms with Gasteiger partial charge in [0.2, 0.25) is 10.0 Å². The number of hydrogen-bond donors (Lipinski definition) is 3. The molecule has 1 aliphatic heterocycles. The van der Waals surface area contributed by atoms with Crippen LogP contribution in [0.2, 0.25) is 18.1 Å². The van der Waals surface area contributed by atoms with E-state index < -0.39 is 18.3 Å². The van der Waals surface area contributed by atoms with Crippen molar-refractivity contribution in [3.05, 3.63) is 89.5 Å². The third-order valence-electron chi connectivity index (χ3n) is 8.25. The zero-order valence-corrected chi connectivity index (χ0v) is 26.2. The lowest BCUT2D eigenvalue weighted by molar-refractivity contribution is -0.110. The van der Waals surface area contributed by atoms with E-state index in [1.54, 1.807) is 12.1 Å². The van der Waals surface area contributed by atoms with Crippen LogP contribution in [0.1, 0.15) is 50.3 Å². The summed E-state index contributed by atoms with van der Waals surface area (Å²) in [7, 11) is -5.57. The highest BCUT2D eigenvalue weighted by Gasteiger charge is 2.37. The van der Waals surface area contributed by atoms with Crippen LogP contribution in [0.15, 0.2) is 77.7 Å². The Hall–Kier alpha value is -3.24. The molecule has 1 saturated carbocycles. The molecule has 9 heteroatoms. The monoisotopic (exact) mass is 589 g/mol. The Bertz CT molecular complexity index is 1570. The molecule has 2 aliphatic rings. The van der Waals surface area contributed by atoms with Crippen LogP contribution >= 0.6 is 0 Å². The second kappa shape index (κ2) is 11.2. The van der Waals surface area contributed by atoms with E-state index in [1.807, 2.05) is 54.6 Å². The highest BCUT2D eigenvalue weighted by molar-refractivity contribution is 7.89. The van der Waals surface area contributed by atoms with Gasteiger partial charge in [-0.3, -0.25) is 4.79 Å². The fourth-order valence-electron chi connectivity index (χ4n) is 4.39. The van der Waals surface area contributed by atoms with Crippen molar-refractivity contribution >= 4 is 46.9 Å². The van der Waals surface area contributed by atoms with E-state index in [0.29, 0.717) is 41.6 Å². The van der Waals surface area contributed by atoms with Gasteiger partial charge in [-0.25, -0.2) is 13.1 Å². The Balaban J connectivity index is 1.46. The summed E-state index contributed by atoms with van der Waals surface area (Å²) in [6.45, 7) is 12.1. The Labute approximate surface area is 244 Å². The maximum Gasteiger partial charge on any atom is 0.258 e. The highest BCUT2D eigenvalue weighted by atomic mass is 32.2. The number of carbonyl (C=O) groups excluding carboxylic acids is 1. The number of fused-ring (bicyclic) bond motifs is 1. The van der Waals surface area contributed by atoms with Crippen molar-refractivity contribution in [3.63, 3.8) is 0 Å². The molecule has 0 spiro atoms. The molecule has 1 aliphatic carbocycles. The zero-order chi connectivity index (χ0) is 29.4. The molecule has 0 aromatic heterocycles. The lowest BCUT2D eigenvalue weighted by atomic mass is 10.00. The minimum Gasteiger partial charge on any atom is -0.413 e. The molecule has 41 heavy (non-hydrogen) atoms. The van der Waals surface area contributed by atoms with Crippen LogP contribution < -0.4 is 15.4 Å². The third kappa shape index (κ3) is 6.64. The molecule has 0 saturated heterocycles. The smallest absolute Gasteiger partial charge is 0.258 e. The van der Waals surface area contributed by atoms with E-state index in [1.165, 1.54) is 6.07 Å². The van der Waals surface area contributed by atoms with Crippen molar-refractivity contribution in [3.8, 4) is 0 Å². The molecule has 1 heterocycles. The maximum atomic E-state index is 13.3. The summed E-state index contributed by atoms with van der Waals surface area (Å²) in [5.41, 5.74) is 4.84. The summed E-state index contributed by atoms with van der Waals surface area (Å²) in [6.07, 6.45) is 2.10. The molecule has 5 rings (SSSR count). The van der Waals surface area contributed by atoms with E-state index in [2.05, 4.69) is 49.2 Å². The number of rotatable bonds is 10. The first kappa shape index (κ1) is 29.3. The van der Waals surface area contributed by atoms with Crippen LogP contribution in [0.4, 0.5) is 11.4 Å². The topological polar surface area (TPSA) is 96.5 Å². The fourth-order valence-corrected chi connectivity index (χ4v) is 6.49. The molecule has 0 radical (unpaired) electrons. The summed E-state index contributed by atoms with van der Waals surface area (Å²) in [5.74, 6) is 0.128. The lowest BCUT2D eigenvalue weighted by Crippen LogP contribution is -2.40. The van der Waals surface area contributed by atoms with Gasteiger partial charge >= 0.3 is 0 Å². The van der Waals surface area contributed by atoms with Crippen molar-refractivity contribution in [1.29, 1.82) is 0 Å². The second-order valence-electron chi connectivity index (χ2n) is 12.4. The van der Waals surface area contributed by atoms with Crippen LogP contribution in [0.3, 0.4) is 0 Å². The Morgan fingerprint density at radius 3 is 2.32 bits per heavy atom. The van der Waals surface area contributed by atoms with Gasteiger partial charge in [-0.2, -0.15) is 0 Å². The van der Waals surface area contributed by atoms with Gasteiger partial charge in [0.15, 0.2) is 8.32 Å². The van der Waals surface area contributed by atoms with Crippen LogP contribution in [0, 0.1) is 5.92 Å². The predicted molar refractivity (Wildman–Crippen MR) is 168 cm³/mol. The molecule has 3 aromatic rings. The molecule has 216 valence electrons. The van der Waals surface area contributed by atoms with E-state index in [-0.39, 0.29) is 15.8 Å². The molecule has 1 amide bonds. The first-order valence-corrected chi connectivity index (χ1v) is 18.5. The average Bonchev–Trinajstić information content (AvgIpc) is 3.71. The van der Waals surface area contributed by atoms with Gasteiger partial charge in [0.05, 0.1) is 22.8 Å². The van der Waals surface area contributed by atoms with Gasteiger partial charge in [0, 0.05) is 23.5 Å². The minimum atomic E-state index is -3.70. The Morgan fingerprint density at radius 2 is 1.68 bits per heavy atom. The third-order valence-corrected chi connectivity index (χ3v) is 14.1. The molecule has 0 bridgehead atoms.